The van der Waals surface area contributed by atoms with E-state index in [1.54, 1.807) is 13.1 Å². The molecule has 1 atom stereocenters. The van der Waals surface area contributed by atoms with Crippen LogP contribution in [-0.2, 0) is 0 Å². The predicted octanol–water partition coefficient (Wildman–Crippen LogP) is 3.49. The number of anilines is 2. The van der Waals surface area contributed by atoms with Crippen LogP contribution in [-0.4, -0.2) is 4.98 Å². The monoisotopic (exact) mass is 269 g/mol. The maximum absolute atomic E-state index is 13.6. The van der Waals surface area contributed by atoms with Crippen LogP contribution in [0.1, 0.15) is 22.9 Å². The molecule has 18 heavy (non-hydrogen) atoms. The largest absolute Gasteiger partial charge is 0.399 e. The molecule has 2 rings (SSSR count). The zero-order valence-electron chi connectivity index (χ0n) is 10.00. The number of hydrogen-bond donors (Lipinski definition) is 2. The van der Waals surface area contributed by atoms with Crippen molar-refractivity contribution in [1.82, 2.24) is 4.98 Å². The zero-order chi connectivity index (χ0) is 13.3. The molecule has 96 valence electrons. The van der Waals surface area contributed by atoms with Gasteiger partial charge in [0.15, 0.2) is 11.6 Å². The number of halogens is 2. The minimum atomic E-state index is -0.701. The summed E-state index contributed by atoms with van der Waals surface area (Å²) in [6, 6.07) is 1.91. The van der Waals surface area contributed by atoms with E-state index in [0.29, 0.717) is 0 Å². The maximum atomic E-state index is 13.6. The number of nitrogens with one attached hydrogen (secondary N) is 1. The number of aromatic nitrogens is 1. The van der Waals surface area contributed by atoms with Crippen LogP contribution in [0.5, 0.6) is 0 Å². The fourth-order valence-electron chi connectivity index (χ4n) is 1.58. The summed E-state index contributed by atoms with van der Waals surface area (Å²) in [5, 5.41) is 3.56. The van der Waals surface area contributed by atoms with Gasteiger partial charge in [0.1, 0.15) is 10.7 Å². The second-order valence-corrected chi connectivity index (χ2v) is 5.30. The van der Waals surface area contributed by atoms with Crippen molar-refractivity contribution in [2.75, 3.05) is 11.1 Å². The molecule has 1 aromatic carbocycles. The van der Waals surface area contributed by atoms with E-state index in [1.165, 1.54) is 11.3 Å². The maximum Gasteiger partial charge on any atom is 0.151 e. The predicted molar refractivity (Wildman–Crippen MR) is 69.7 cm³/mol. The van der Waals surface area contributed by atoms with E-state index in [4.69, 9.17) is 5.73 Å². The molecule has 0 radical (unpaired) electrons. The van der Waals surface area contributed by atoms with Gasteiger partial charge in [0.25, 0.3) is 0 Å². The Bertz CT molecular complexity index is 545. The summed E-state index contributed by atoms with van der Waals surface area (Å²) in [6.07, 6.45) is 1.73. The topological polar surface area (TPSA) is 50.9 Å². The van der Waals surface area contributed by atoms with Crippen molar-refractivity contribution in [3.8, 4) is 0 Å². The Labute approximate surface area is 108 Å². The first kappa shape index (κ1) is 12.8. The van der Waals surface area contributed by atoms with E-state index in [-0.39, 0.29) is 17.4 Å². The molecule has 3 nitrogen and oxygen atoms in total. The molecule has 0 aliphatic carbocycles. The van der Waals surface area contributed by atoms with E-state index in [2.05, 4.69) is 10.3 Å². The highest BCUT2D eigenvalue weighted by Gasteiger charge is 2.15. The Morgan fingerprint density at radius 1 is 1.33 bits per heavy atom. The molecule has 0 aliphatic heterocycles. The third-order valence-corrected chi connectivity index (χ3v) is 3.53. The highest BCUT2D eigenvalue weighted by Crippen LogP contribution is 2.28. The summed E-state index contributed by atoms with van der Waals surface area (Å²) in [7, 11) is 0. The highest BCUT2D eigenvalue weighted by atomic mass is 32.1. The molecule has 1 aromatic heterocycles. The molecular weight excluding hydrogens is 256 g/mol. The van der Waals surface area contributed by atoms with Crippen LogP contribution >= 0.6 is 11.3 Å². The molecule has 1 unspecified atom stereocenters. The lowest BCUT2D eigenvalue weighted by Gasteiger charge is -2.14. The first-order valence-corrected chi connectivity index (χ1v) is 6.22. The number of rotatable bonds is 3. The van der Waals surface area contributed by atoms with Gasteiger partial charge in [-0.15, -0.1) is 11.3 Å². The SMILES string of the molecule is Cc1cnc(C(C)Nc2c(F)cc(N)cc2F)s1. The number of nitrogen functional groups attached to an aromatic ring is 1. The number of aryl methyl sites for hydroxylation is 1. The van der Waals surface area contributed by atoms with E-state index in [1.807, 2.05) is 6.92 Å². The van der Waals surface area contributed by atoms with Crippen molar-refractivity contribution in [3.63, 3.8) is 0 Å². The molecule has 0 aliphatic rings. The van der Waals surface area contributed by atoms with Gasteiger partial charge in [0.2, 0.25) is 0 Å². The van der Waals surface area contributed by atoms with E-state index >= 15 is 0 Å². The van der Waals surface area contributed by atoms with Crippen molar-refractivity contribution >= 4 is 22.7 Å². The number of nitrogens with zero attached hydrogens (tertiary/aromatic N) is 1. The van der Waals surface area contributed by atoms with Gasteiger partial charge in [-0.3, -0.25) is 0 Å². The Morgan fingerprint density at radius 2 is 1.94 bits per heavy atom. The minimum Gasteiger partial charge on any atom is -0.399 e. The van der Waals surface area contributed by atoms with Gasteiger partial charge >= 0.3 is 0 Å². The van der Waals surface area contributed by atoms with Gasteiger partial charge in [-0.2, -0.15) is 0 Å². The van der Waals surface area contributed by atoms with E-state index in [9.17, 15) is 8.78 Å². The first-order valence-electron chi connectivity index (χ1n) is 5.40. The standard InChI is InChI=1S/C12H13F2N3S/c1-6-5-16-12(18-6)7(2)17-11-9(13)3-8(15)4-10(11)14/h3-5,7,17H,15H2,1-2H3. The quantitative estimate of drug-likeness (QED) is 0.839. The van der Waals surface area contributed by atoms with Gasteiger partial charge < -0.3 is 11.1 Å². The Hall–Kier alpha value is -1.69. The van der Waals surface area contributed by atoms with Gasteiger partial charge in [0.05, 0.1) is 6.04 Å². The third-order valence-electron chi connectivity index (χ3n) is 2.43. The second-order valence-electron chi connectivity index (χ2n) is 4.03. The fourth-order valence-corrected chi connectivity index (χ4v) is 2.36. The number of hydrogen-bond acceptors (Lipinski definition) is 4. The first-order chi connectivity index (χ1) is 8.47. The smallest absolute Gasteiger partial charge is 0.151 e. The zero-order valence-corrected chi connectivity index (χ0v) is 10.8. The van der Waals surface area contributed by atoms with Crippen LogP contribution in [0.4, 0.5) is 20.2 Å². The molecule has 0 spiro atoms. The van der Waals surface area contributed by atoms with Crippen LogP contribution < -0.4 is 11.1 Å². The van der Waals surface area contributed by atoms with E-state index < -0.39 is 11.6 Å². The Morgan fingerprint density at radius 3 is 2.44 bits per heavy atom. The molecule has 1 heterocycles. The lowest BCUT2D eigenvalue weighted by molar-refractivity contribution is 0.585. The van der Waals surface area contributed by atoms with Gasteiger partial charge in [0, 0.05) is 16.8 Å². The number of nitrogens with two attached hydrogens (primary N) is 1. The van der Waals surface area contributed by atoms with Gasteiger partial charge in [-0.1, -0.05) is 0 Å². The van der Waals surface area contributed by atoms with Crippen LogP contribution in [0.3, 0.4) is 0 Å². The van der Waals surface area contributed by atoms with Crippen LogP contribution in [0, 0.1) is 18.6 Å². The minimum absolute atomic E-state index is 0.0632. The van der Waals surface area contributed by atoms with Gasteiger partial charge in [-0.25, -0.2) is 13.8 Å². The molecule has 2 aromatic rings. The van der Waals surface area contributed by atoms with Crippen molar-refractivity contribution in [2.24, 2.45) is 0 Å². The van der Waals surface area contributed by atoms with Crippen molar-refractivity contribution in [1.29, 1.82) is 0 Å². The summed E-state index contributed by atoms with van der Waals surface area (Å²) >= 11 is 1.49. The van der Waals surface area contributed by atoms with Crippen LogP contribution in [0.2, 0.25) is 0 Å². The average molecular weight is 269 g/mol. The lowest BCUT2D eigenvalue weighted by atomic mass is 10.2. The summed E-state index contributed by atoms with van der Waals surface area (Å²) in [5.74, 6) is -1.40. The van der Waals surface area contributed by atoms with E-state index in [0.717, 1.165) is 22.0 Å². The Balaban J connectivity index is 2.24. The molecule has 0 amide bonds. The van der Waals surface area contributed by atoms with Crippen molar-refractivity contribution < 1.29 is 8.78 Å². The highest BCUT2D eigenvalue weighted by molar-refractivity contribution is 7.11. The number of thiazole rings is 1. The lowest BCUT2D eigenvalue weighted by Crippen LogP contribution is -2.09. The summed E-state index contributed by atoms with van der Waals surface area (Å²) in [4.78, 5) is 5.23. The fraction of sp³-hybridized carbons (Fsp3) is 0.250. The Kier molecular flexibility index (Phi) is 3.47. The summed E-state index contributed by atoms with van der Waals surface area (Å²) in [6.45, 7) is 3.73. The number of benzene rings is 1. The molecule has 0 bridgehead atoms. The average Bonchev–Trinajstić information content (AvgIpc) is 2.70. The van der Waals surface area contributed by atoms with Gasteiger partial charge in [-0.05, 0) is 26.0 Å². The van der Waals surface area contributed by atoms with Crippen molar-refractivity contribution in [2.45, 2.75) is 19.9 Å². The van der Waals surface area contributed by atoms with Crippen molar-refractivity contribution in [3.05, 3.63) is 39.8 Å². The normalized spacial score (nSPS) is 12.4. The molecular formula is C12H13F2N3S. The van der Waals surface area contributed by atoms with Crippen LogP contribution in [0.25, 0.3) is 0 Å². The molecule has 0 saturated heterocycles. The molecule has 0 fully saturated rings. The second kappa shape index (κ2) is 4.89. The molecule has 0 saturated carbocycles. The molecule has 6 heteroatoms. The van der Waals surface area contributed by atoms with Crippen LogP contribution in [0.15, 0.2) is 18.3 Å². The summed E-state index contributed by atoms with van der Waals surface area (Å²) in [5.41, 5.74) is 5.24. The third kappa shape index (κ3) is 2.59. The molecule has 3 N–H and O–H groups in total. The summed E-state index contributed by atoms with van der Waals surface area (Å²) < 4.78 is 27.2.